The zero-order chi connectivity index (χ0) is 13.5. The molecule has 1 N–H and O–H groups in total. The van der Waals surface area contributed by atoms with Crippen molar-refractivity contribution in [1.82, 2.24) is 0 Å². The largest absolute Gasteiger partial charge is 0.478 e. The smallest absolute Gasteiger partial charge is 0.335 e. The molecule has 1 aromatic carbocycles. The van der Waals surface area contributed by atoms with E-state index < -0.39 is 15.0 Å². The van der Waals surface area contributed by atoms with Crippen LogP contribution in [-0.4, -0.2) is 19.5 Å². The molecule has 1 saturated carbocycles. The summed E-state index contributed by atoms with van der Waals surface area (Å²) in [4.78, 5) is 11.0. The maximum absolute atomic E-state index is 11.6. The van der Waals surface area contributed by atoms with E-state index in [4.69, 9.17) is 15.8 Å². The van der Waals surface area contributed by atoms with Gasteiger partial charge < -0.3 is 5.11 Å². The second kappa shape index (κ2) is 4.55. The molecule has 0 aromatic heterocycles. The summed E-state index contributed by atoms with van der Waals surface area (Å²) in [5.41, 5.74) is 1.20. The van der Waals surface area contributed by atoms with Crippen molar-refractivity contribution in [2.75, 3.05) is 0 Å². The molecule has 0 amide bonds. The number of benzene rings is 1. The van der Waals surface area contributed by atoms with Crippen LogP contribution in [0.15, 0.2) is 17.0 Å². The Morgan fingerprint density at radius 2 is 2.00 bits per heavy atom. The van der Waals surface area contributed by atoms with E-state index in [0.717, 1.165) is 19.3 Å². The third-order valence-electron chi connectivity index (χ3n) is 3.39. The lowest BCUT2D eigenvalue weighted by atomic mass is 9.79. The van der Waals surface area contributed by atoms with Gasteiger partial charge in [0.05, 0.1) is 10.5 Å². The predicted octanol–water partition coefficient (Wildman–Crippen LogP) is 2.89. The predicted molar refractivity (Wildman–Crippen MR) is 67.8 cm³/mol. The van der Waals surface area contributed by atoms with E-state index in [0.29, 0.717) is 11.1 Å². The molecule has 0 unspecified atom stereocenters. The summed E-state index contributed by atoms with van der Waals surface area (Å²) < 4.78 is 23.1. The Bertz CT molecular complexity index is 603. The molecule has 4 nitrogen and oxygen atoms in total. The van der Waals surface area contributed by atoms with Gasteiger partial charge in [0.2, 0.25) is 0 Å². The Hall–Kier alpha value is -1.07. The molecule has 1 fully saturated rings. The first-order valence-corrected chi connectivity index (χ1v) is 7.94. The molecular formula is C12H13ClO4S. The first kappa shape index (κ1) is 13.4. The van der Waals surface area contributed by atoms with E-state index in [2.05, 4.69) is 0 Å². The van der Waals surface area contributed by atoms with E-state index in [1.807, 2.05) is 0 Å². The average molecular weight is 289 g/mol. The molecule has 1 aromatic rings. The van der Waals surface area contributed by atoms with Crippen molar-refractivity contribution in [1.29, 1.82) is 0 Å². The molecule has 1 aliphatic carbocycles. The summed E-state index contributed by atoms with van der Waals surface area (Å²) in [6.07, 6.45) is 2.91. The quantitative estimate of drug-likeness (QED) is 0.868. The van der Waals surface area contributed by atoms with Crippen LogP contribution in [0.1, 0.15) is 46.7 Å². The number of rotatable bonds is 3. The Balaban J connectivity index is 2.65. The third kappa shape index (κ3) is 2.37. The van der Waals surface area contributed by atoms with Crippen LogP contribution in [0.25, 0.3) is 0 Å². The van der Waals surface area contributed by atoms with Gasteiger partial charge in [-0.3, -0.25) is 0 Å². The van der Waals surface area contributed by atoms with Crippen LogP contribution in [0.4, 0.5) is 0 Å². The second-order valence-electron chi connectivity index (χ2n) is 4.58. The van der Waals surface area contributed by atoms with Crippen molar-refractivity contribution in [3.05, 3.63) is 28.8 Å². The number of carbonyl (C=O) groups is 1. The molecule has 6 heteroatoms. The Morgan fingerprint density at radius 3 is 2.39 bits per heavy atom. The van der Waals surface area contributed by atoms with Gasteiger partial charge in [-0.15, -0.1) is 0 Å². The molecular weight excluding hydrogens is 276 g/mol. The van der Waals surface area contributed by atoms with Gasteiger partial charge in [-0.05, 0) is 42.9 Å². The van der Waals surface area contributed by atoms with Crippen LogP contribution in [0.3, 0.4) is 0 Å². The van der Waals surface area contributed by atoms with E-state index >= 15 is 0 Å². The highest BCUT2D eigenvalue weighted by Crippen LogP contribution is 2.41. The SMILES string of the molecule is Cc1cc(C2CCC2)c(S(=O)(=O)Cl)cc1C(=O)O. The molecule has 1 aliphatic rings. The molecule has 98 valence electrons. The zero-order valence-electron chi connectivity index (χ0n) is 9.81. The molecule has 2 rings (SSSR count). The number of aryl methyl sites for hydroxylation is 1. The average Bonchev–Trinajstić information content (AvgIpc) is 2.11. The molecule has 0 spiro atoms. The van der Waals surface area contributed by atoms with Crippen LogP contribution >= 0.6 is 10.7 Å². The first-order valence-electron chi connectivity index (χ1n) is 5.63. The molecule has 0 atom stereocenters. The Morgan fingerprint density at radius 1 is 1.39 bits per heavy atom. The Labute approximate surface area is 110 Å². The maximum Gasteiger partial charge on any atom is 0.335 e. The summed E-state index contributed by atoms with van der Waals surface area (Å²) >= 11 is 0. The van der Waals surface area contributed by atoms with Crippen molar-refractivity contribution >= 4 is 25.7 Å². The molecule has 18 heavy (non-hydrogen) atoms. The van der Waals surface area contributed by atoms with E-state index in [1.165, 1.54) is 6.07 Å². The van der Waals surface area contributed by atoms with Gasteiger partial charge in [0.1, 0.15) is 0 Å². The van der Waals surface area contributed by atoms with Crippen molar-refractivity contribution in [3.63, 3.8) is 0 Å². The van der Waals surface area contributed by atoms with Crippen molar-refractivity contribution in [2.24, 2.45) is 0 Å². The summed E-state index contributed by atoms with van der Waals surface area (Å²) in [5.74, 6) is -0.968. The van der Waals surface area contributed by atoms with Crippen LogP contribution < -0.4 is 0 Å². The van der Waals surface area contributed by atoms with Gasteiger partial charge in [-0.2, -0.15) is 0 Å². The number of carboxylic acid groups (broad SMARTS) is 1. The van der Waals surface area contributed by atoms with Crippen molar-refractivity contribution in [2.45, 2.75) is 37.0 Å². The third-order valence-corrected chi connectivity index (χ3v) is 4.77. The summed E-state index contributed by atoms with van der Waals surface area (Å²) in [7, 11) is 1.48. The van der Waals surface area contributed by atoms with Crippen LogP contribution in [-0.2, 0) is 9.05 Å². The van der Waals surface area contributed by atoms with E-state index in [9.17, 15) is 13.2 Å². The summed E-state index contributed by atoms with van der Waals surface area (Å²) in [6, 6.07) is 2.82. The highest BCUT2D eigenvalue weighted by molar-refractivity contribution is 8.13. The number of halogens is 1. The molecule has 0 saturated heterocycles. The van der Waals surface area contributed by atoms with Crippen molar-refractivity contribution < 1.29 is 18.3 Å². The minimum Gasteiger partial charge on any atom is -0.478 e. The van der Waals surface area contributed by atoms with Gasteiger partial charge in [0.25, 0.3) is 9.05 Å². The van der Waals surface area contributed by atoms with Gasteiger partial charge in [-0.25, -0.2) is 13.2 Å². The molecule has 0 radical (unpaired) electrons. The summed E-state index contributed by atoms with van der Waals surface area (Å²) in [6.45, 7) is 1.66. The number of carboxylic acids is 1. The van der Waals surface area contributed by atoms with Gasteiger partial charge in [-0.1, -0.05) is 12.5 Å². The lowest BCUT2D eigenvalue weighted by molar-refractivity contribution is 0.0696. The van der Waals surface area contributed by atoms with Crippen LogP contribution in [0, 0.1) is 6.92 Å². The topological polar surface area (TPSA) is 71.4 Å². The maximum atomic E-state index is 11.6. The van der Waals surface area contributed by atoms with E-state index in [-0.39, 0.29) is 16.4 Å². The minimum absolute atomic E-state index is 0.0164. The fraction of sp³-hybridized carbons (Fsp3) is 0.417. The standard InChI is InChI=1S/C12H13ClO4S/c1-7-5-10(8-3-2-4-8)11(18(13,16)17)6-9(7)12(14)15/h5-6,8H,2-4H2,1H3,(H,14,15). The van der Waals surface area contributed by atoms with Crippen LogP contribution in [0.2, 0.25) is 0 Å². The molecule has 0 heterocycles. The monoisotopic (exact) mass is 288 g/mol. The lowest BCUT2D eigenvalue weighted by Gasteiger charge is -2.27. The highest BCUT2D eigenvalue weighted by Gasteiger charge is 2.28. The van der Waals surface area contributed by atoms with Gasteiger partial charge in [0, 0.05) is 10.7 Å². The minimum atomic E-state index is -3.92. The van der Waals surface area contributed by atoms with Gasteiger partial charge in [0.15, 0.2) is 0 Å². The lowest BCUT2D eigenvalue weighted by Crippen LogP contribution is -2.14. The van der Waals surface area contributed by atoms with Gasteiger partial charge >= 0.3 is 5.97 Å². The number of aromatic carboxylic acids is 1. The van der Waals surface area contributed by atoms with Crippen molar-refractivity contribution in [3.8, 4) is 0 Å². The van der Waals surface area contributed by atoms with E-state index in [1.54, 1.807) is 13.0 Å². The zero-order valence-corrected chi connectivity index (χ0v) is 11.4. The molecule has 0 bridgehead atoms. The normalized spacial score (nSPS) is 16.3. The summed E-state index contributed by atoms with van der Waals surface area (Å²) in [5, 5.41) is 9.02. The first-order chi connectivity index (χ1) is 8.30. The fourth-order valence-corrected chi connectivity index (χ4v) is 3.36. The second-order valence-corrected chi connectivity index (χ2v) is 7.11. The number of hydrogen-bond donors (Lipinski definition) is 1. The molecule has 0 aliphatic heterocycles. The highest BCUT2D eigenvalue weighted by atomic mass is 35.7. The Kier molecular flexibility index (Phi) is 3.38. The fourth-order valence-electron chi connectivity index (χ4n) is 2.19. The number of hydrogen-bond acceptors (Lipinski definition) is 3. The van der Waals surface area contributed by atoms with Crippen LogP contribution in [0.5, 0.6) is 0 Å².